The zero-order valence-electron chi connectivity index (χ0n) is 11.0. The van der Waals surface area contributed by atoms with Crippen LogP contribution in [0, 0.1) is 23.7 Å². The summed E-state index contributed by atoms with van der Waals surface area (Å²) in [7, 11) is 2.61. The summed E-state index contributed by atoms with van der Waals surface area (Å²) in [5.41, 5.74) is 0.754. The number of methoxy groups -OCH3 is 2. The second-order valence-electron chi connectivity index (χ2n) is 5.29. The van der Waals surface area contributed by atoms with Crippen LogP contribution in [0.25, 0.3) is 0 Å². The Morgan fingerprint density at radius 3 is 1.55 bits per heavy atom. The first kappa shape index (κ1) is 14.0. The lowest BCUT2D eigenvalue weighted by Gasteiger charge is -2.57. The van der Waals surface area contributed by atoms with Gasteiger partial charge in [-0.25, -0.2) is 9.59 Å². The third kappa shape index (κ3) is 1.61. The van der Waals surface area contributed by atoms with Crippen LogP contribution in [-0.2, 0) is 19.1 Å². The lowest BCUT2D eigenvalue weighted by Crippen LogP contribution is -2.61. The molecule has 0 amide bonds. The second-order valence-corrected chi connectivity index (χ2v) is 6.30. The molecule has 0 aliphatic heterocycles. The minimum Gasteiger partial charge on any atom is -0.466 e. The predicted octanol–water partition coefficient (Wildman–Crippen LogP) is 1.91. The van der Waals surface area contributed by atoms with E-state index in [1.54, 1.807) is 0 Å². The first-order valence-corrected chi connectivity index (χ1v) is 7.27. The van der Waals surface area contributed by atoms with E-state index in [1.165, 1.54) is 14.2 Å². The maximum Gasteiger partial charge on any atom is 0.334 e. The van der Waals surface area contributed by atoms with Gasteiger partial charge in [0.1, 0.15) is 0 Å². The molecule has 6 heteroatoms. The van der Waals surface area contributed by atoms with Gasteiger partial charge in [0.25, 0.3) is 0 Å². The van der Waals surface area contributed by atoms with Crippen molar-refractivity contribution in [1.29, 1.82) is 0 Å². The smallest absolute Gasteiger partial charge is 0.334 e. The fourth-order valence-electron chi connectivity index (χ4n) is 3.72. The molecular formula is C14H14Cl2O4. The molecule has 6 atom stereocenters. The molecule has 2 bridgehead atoms. The number of esters is 2. The van der Waals surface area contributed by atoms with Crippen molar-refractivity contribution >= 4 is 35.1 Å². The van der Waals surface area contributed by atoms with Crippen LogP contribution in [0.4, 0.5) is 0 Å². The van der Waals surface area contributed by atoms with Crippen LogP contribution in [0.2, 0.25) is 0 Å². The van der Waals surface area contributed by atoms with E-state index in [1.807, 2.05) is 12.2 Å². The topological polar surface area (TPSA) is 52.6 Å². The number of carbonyl (C=O) groups is 2. The molecule has 108 valence electrons. The van der Waals surface area contributed by atoms with Gasteiger partial charge in [-0.05, 0) is 11.8 Å². The molecule has 4 nitrogen and oxygen atoms in total. The first-order valence-electron chi connectivity index (χ1n) is 6.40. The molecule has 0 unspecified atom stereocenters. The third-order valence-electron chi connectivity index (χ3n) is 4.61. The molecule has 0 aromatic heterocycles. The van der Waals surface area contributed by atoms with Gasteiger partial charge < -0.3 is 9.47 Å². The highest BCUT2D eigenvalue weighted by molar-refractivity contribution is 6.32. The van der Waals surface area contributed by atoms with Crippen molar-refractivity contribution in [2.24, 2.45) is 23.7 Å². The molecule has 0 aromatic carbocycles. The molecule has 4 aliphatic rings. The third-order valence-corrected chi connectivity index (χ3v) is 5.86. The summed E-state index contributed by atoms with van der Waals surface area (Å²) < 4.78 is 9.64. The van der Waals surface area contributed by atoms with E-state index in [2.05, 4.69) is 0 Å². The molecule has 0 radical (unpaired) electrons. The predicted molar refractivity (Wildman–Crippen MR) is 73.4 cm³/mol. The van der Waals surface area contributed by atoms with E-state index < -0.39 is 11.9 Å². The summed E-state index contributed by atoms with van der Waals surface area (Å²) in [4.78, 5) is 24.1. The minimum absolute atomic E-state index is 0.0803. The van der Waals surface area contributed by atoms with E-state index in [-0.39, 0.29) is 34.4 Å². The van der Waals surface area contributed by atoms with E-state index in [4.69, 9.17) is 32.7 Å². The Hall–Kier alpha value is -1.00. The van der Waals surface area contributed by atoms with Crippen molar-refractivity contribution in [3.8, 4) is 0 Å². The molecule has 0 aromatic rings. The average Bonchev–Trinajstić information content (AvgIpc) is 2.50. The van der Waals surface area contributed by atoms with Crippen LogP contribution in [-0.4, -0.2) is 36.9 Å². The van der Waals surface area contributed by atoms with E-state index in [0.717, 1.165) is 0 Å². The monoisotopic (exact) mass is 316 g/mol. The van der Waals surface area contributed by atoms with Crippen molar-refractivity contribution in [3.63, 3.8) is 0 Å². The highest BCUT2D eigenvalue weighted by Gasteiger charge is 2.62. The van der Waals surface area contributed by atoms with E-state index >= 15 is 0 Å². The largest absolute Gasteiger partial charge is 0.466 e. The quantitative estimate of drug-likeness (QED) is 0.443. The minimum atomic E-state index is -0.495. The molecular weight excluding hydrogens is 303 g/mol. The van der Waals surface area contributed by atoms with Crippen molar-refractivity contribution in [3.05, 3.63) is 23.3 Å². The van der Waals surface area contributed by atoms with Gasteiger partial charge in [-0.1, -0.05) is 12.2 Å². The number of halogens is 2. The molecule has 1 fully saturated rings. The Bertz CT molecular complexity index is 493. The lowest BCUT2D eigenvalue weighted by molar-refractivity contribution is -0.142. The first-order chi connectivity index (χ1) is 9.52. The molecule has 0 spiro atoms. The Morgan fingerprint density at radius 1 is 0.900 bits per heavy atom. The van der Waals surface area contributed by atoms with Crippen molar-refractivity contribution in [2.75, 3.05) is 14.2 Å². The summed E-state index contributed by atoms with van der Waals surface area (Å²) in [6.07, 6.45) is 3.87. The molecule has 0 heterocycles. The van der Waals surface area contributed by atoms with Crippen molar-refractivity contribution in [1.82, 2.24) is 0 Å². The number of alkyl halides is 2. The van der Waals surface area contributed by atoms with Crippen LogP contribution in [0.1, 0.15) is 0 Å². The van der Waals surface area contributed by atoms with Gasteiger partial charge >= 0.3 is 11.9 Å². The molecule has 20 heavy (non-hydrogen) atoms. The maximum atomic E-state index is 12.1. The van der Waals surface area contributed by atoms with Gasteiger partial charge in [0.05, 0.1) is 36.1 Å². The average molecular weight is 317 g/mol. The number of ether oxygens (including phenoxy) is 2. The Balaban J connectivity index is 2.11. The van der Waals surface area contributed by atoms with E-state index in [0.29, 0.717) is 11.1 Å². The zero-order valence-corrected chi connectivity index (χ0v) is 12.5. The maximum absolute atomic E-state index is 12.1. The fourth-order valence-corrected chi connectivity index (χ4v) is 4.71. The number of hydrogen-bond acceptors (Lipinski definition) is 4. The van der Waals surface area contributed by atoms with Crippen molar-refractivity contribution in [2.45, 2.75) is 10.8 Å². The number of carbonyl (C=O) groups excluding carboxylic acids is 2. The van der Waals surface area contributed by atoms with Gasteiger partial charge in [-0.3, -0.25) is 0 Å². The summed E-state index contributed by atoms with van der Waals surface area (Å²) in [6, 6.07) is 0. The van der Waals surface area contributed by atoms with Gasteiger partial charge in [-0.15, -0.1) is 23.2 Å². The Labute approximate surface area is 126 Å². The zero-order chi connectivity index (χ0) is 14.6. The summed E-state index contributed by atoms with van der Waals surface area (Å²) in [6.45, 7) is 0. The lowest BCUT2D eigenvalue weighted by atomic mass is 9.51. The fraction of sp³-hybridized carbons (Fsp3) is 0.571. The summed E-state index contributed by atoms with van der Waals surface area (Å²) >= 11 is 12.6. The van der Waals surface area contributed by atoms with Crippen LogP contribution in [0.15, 0.2) is 23.3 Å². The Morgan fingerprint density at radius 2 is 1.25 bits per heavy atom. The number of allylic oxidation sites excluding steroid dienone is 2. The molecule has 1 saturated carbocycles. The summed E-state index contributed by atoms with van der Waals surface area (Å²) in [5.74, 6) is -1.27. The molecule has 4 rings (SSSR count). The highest BCUT2D eigenvalue weighted by atomic mass is 35.5. The molecule has 4 aliphatic carbocycles. The van der Waals surface area contributed by atoms with Gasteiger partial charge in [-0.2, -0.15) is 0 Å². The normalized spacial score (nSPS) is 41.0. The van der Waals surface area contributed by atoms with E-state index in [9.17, 15) is 9.59 Å². The Kier molecular flexibility index (Phi) is 3.33. The molecule has 0 N–H and O–H groups in total. The van der Waals surface area contributed by atoms with Crippen LogP contribution < -0.4 is 0 Å². The number of rotatable bonds is 2. The summed E-state index contributed by atoms with van der Waals surface area (Å²) in [5, 5.41) is -0.393. The highest BCUT2D eigenvalue weighted by Crippen LogP contribution is 2.60. The van der Waals surface area contributed by atoms with Gasteiger partial charge in [0.15, 0.2) is 0 Å². The SMILES string of the molecule is COC(=O)C1=C(C(=O)OC)[C@H]2C=C[C@H]1[C@@H]1[C@H](Cl)[C@H](Cl)[C@H]12. The van der Waals surface area contributed by atoms with Crippen LogP contribution in [0.3, 0.4) is 0 Å². The standard InChI is InChI=1S/C14H14Cl2O4/c1-19-13(17)9-5-3-4-6(10(9)14(18)20-2)8-7(5)11(15)12(8)16/h3-8,11-12H,1-2H3/t5-,6-,7-,8-,11-,12+/m0/s1. The van der Waals surface area contributed by atoms with Crippen LogP contribution >= 0.6 is 23.2 Å². The van der Waals surface area contributed by atoms with Crippen LogP contribution in [0.5, 0.6) is 0 Å². The van der Waals surface area contributed by atoms with Gasteiger partial charge in [0, 0.05) is 11.8 Å². The number of hydrogen-bond donors (Lipinski definition) is 0. The molecule has 0 saturated heterocycles. The van der Waals surface area contributed by atoms with Gasteiger partial charge in [0.2, 0.25) is 0 Å². The van der Waals surface area contributed by atoms with Crippen molar-refractivity contribution < 1.29 is 19.1 Å². The second kappa shape index (κ2) is 4.78.